The fourth-order valence-corrected chi connectivity index (χ4v) is 3.32. The van der Waals surface area contributed by atoms with E-state index in [-0.39, 0.29) is 0 Å². The van der Waals surface area contributed by atoms with Crippen LogP contribution in [0.25, 0.3) is 0 Å². The fraction of sp³-hybridized carbons (Fsp3) is 0.625. The first-order chi connectivity index (χ1) is 8.81. The van der Waals surface area contributed by atoms with Crippen molar-refractivity contribution in [3.8, 4) is 0 Å². The lowest BCUT2D eigenvalue weighted by Crippen LogP contribution is -2.54. The third-order valence-corrected chi connectivity index (χ3v) is 4.45. The van der Waals surface area contributed by atoms with Gasteiger partial charge in [0.2, 0.25) is 0 Å². The highest BCUT2D eigenvalue weighted by Gasteiger charge is 2.28. The third kappa shape index (κ3) is 2.76. The van der Waals surface area contributed by atoms with Crippen LogP contribution in [-0.2, 0) is 6.54 Å². The van der Waals surface area contributed by atoms with Gasteiger partial charge in [-0.25, -0.2) is 0 Å². The second kappa shape index (κ2) is 5.41. The summed E-state index contributed by atoms with van der Waals surface area (Å²) in [4.78, 5) is 5.34. The number of piperidine rings is 1. The van der Waals surface area contributed by atoms with Gasteiger partial charge in [0, 0.05) is 32.2 Å². The van der Waals surface area contributed by atoms with Gasteiger partial charge in [-0.15, -0.1) is 0 Å². The summed E-state index contributed by atoms with van der Waals surface area (Å²) in [6.07, 6.45) is 4.25. The van der Waals surface area contributed by atoms with Gasteiger partial charge in [-0.1, -0.05) is 36.2 Å². The van der Waals surface area contributed by atoms with Gasteiger partial charge in [0.05, 0.1) is 0 Å². The molecule has 2 nitrogen and oxygen atoms in total. The van der Waals surface area contributed by atoms with Gasteiger partial charge >= 0.3 is 0 Å². The molecule has 0 N–H and O–H groups in total. The van der Waals surface area contributed by atoms with E-state index in [1.807, 2.05) is 0 Å². The Morgan fingerprint density at radius 2 is 1.89 bits per heavy atom. The zero-order valence-electron chi connectivity index (χ0n) is 11.4. The number of hydrogen-bond acceptors (Lipinski definition) is 2. The Labute approximate surface area is 111 Å². The number of piperazine rings is 1. The number of rotatable bonds is 2. The smallest absolute Gasteiger partial charge is 0.0234 e. The normalized spacial score (nSPS) is 25.9. The Balaban J connectivity index is 1.59. The van der Waals surface area contributed by atoms with Gasteiger partial charge in [0.1, 0.15) is 0 Å². The van der Waals surface area contributed by atoms with Gasteiger partial charge < -0.3 is 0 Å². The molecular formula is C16H24N2. The Bertz CT molecular complexity index is 385. The fourth-order valence-electron chi connectivity index (χ4n) is 3.32. The van der Waals surface area contributed by atoms with Crippen LogP contribution in [0.1, 0.15) is 30.4 Å². The van der Waals surface area contributed by atoms with E-state index in [4.69, 9.17) is 0 Å². The van der Waals surface area contributed by atoms with E-state index in [9.17, 15) is 0 Å². The molecule has 1 atom stereocenters. The van der Waals surface area contributed by atoms with E-state index in [0.29, 0.717) is 0 Å². The van der Waals surface area contributed by atoms with Crippen molar-refractivity contribution in [1.29, 1.82) is 0 Å². The summed E-state index contributed by atoms with van der Waals surface area (Å²) in [6, 6.07) is 9.85. The first-order valence-electron chi connectivity index (χ1n) is 7.33. The van der Waals surface area contributed by atoms with Crippen LogP contribution in [0.15, 0.2) is 24.3 Å². The van der Waals surface area contributed by atoms with Crippen LogP contribution in [0, 0.1) is 6.92 Å². The zero-order valence-corrected chi connectivity index (χ0v) is 11.4. The number of benzene rings is 1. The second-order valence-electron chi connectivity index (χ2n) is 5.91. The van der Waals surface area contributed by atoms with Crippen molar-refractivity contribution < 1.29 is 0 Å². The zero-order chi connectivity index (χ0) is 12.4. The molecule has 0 spiro atoms. The molecule has 2 saturated heterocycles. The van der Waals surface area contributed by atoms with Gasteiger partial charge in [0.15, 0.2) is 0 Å². The Hall–Kier alpha value is -0.860. The number of fused-ring (bicyclic) bond motifs is 1. The van der Waals surface area contributed by atoms with Crippen LogP contribution in [0.4, 0.5) is 0 Å². The lowest BCUT2D eigenvalue weighted by atomic mass is 9.99. The molecule has 0 aliphatic carbocycles. The van der Waals surface area contributed by atoms with E-state index in [1.54, 1.807) is 0 Å². The number of nitrogens with zero attached hydrogens (tertiary/aromatic N) is 2. The highest BCUT2D eigenvalue weighted by molar-refractivity contribution is 5.21. The first kappa shape index (κ1) is 12.2. The predicted octanol–water partition coefficient (Wildman–Crippen LogP) is 2.67. The van der Waals surface area contributed by atoms with Crippen molar-refractivity contribution in [2.75, 3.05) is 26.2 Å². The molecule has 0 aromatic heterocycles. The molecule has 2 heterocycles. The minimum atomic E-state index is 0.831. The molecule has 0 saturated carbocycles. The summed E-state index contributed by atoms with van der Waals surface area (Å²) in [5.41, 5.74) is 2.82. The van der Waals surface area contributed by atoms with Crippen LogP contribution < -0.4 is 0 Å². The molecule has 0 amide bonds. The molecule has 3 rings (SSSR count). The monoisotopic (exact) mass is 244 g/mol. The lowest BCUT2D eigenvalue weighted by Gasteiger charge is -2.44. The SMILES string of the molecule is Cc1ccc(CN2CCN3CCCCC3C2)cc1. The van der Waals surface area contributed by atoms with Gasteiger partial charge in [-0.05, 0) is 31.9 Å². The minimum Gasteiger partial charge on any atom is -0.298 e. The Morgan fingerprint density at radius 3 is 2.72 bits per heavy atom. The molecule has 2 aliphatic rings. The quantitative estimate of drug-likeness (QED) is 0.789. The molecule has 1 unspecified atom stereocenters. The standard InChI is InChI=1S/C16H24N2/c1-14-5-7-15(8-6-14)12-17-10-11-18-9-3-2-4-16(18)13-17/h5-8,16H,2-4,9-13H2,1H3. The molecule has 1 aromatic carbocycles. The minimum absolute atomic E-state index is 0.831. The Kier molecular flexibility index (Phi) is 3.67. The number of hydrogen-bond donors (Lipinski definition) is 0. The molecule has 0 radical (unpaired) electrons. The largest absolute Gasteiger partial charge is 0.298 e. The van der Waals surface area contributed by atoms with Crippen LogP contribution in [0.2, 0.25) is 0 Å². The highest BCUT2D eigenvalue weighted by Crippen LogP contribution is 2.22. The molecule has 1 aromatic rings. The summed E-state index contributed by atoms with van der Waals surface area (Å²) in [5.74, 6) is 0. The molecule has 0 bridgehead atoms. The molecular weight excluding hydrogens is 220 g/mol. The average molecular weight is 244 g/mol. The van der Waals surface area contributed by atoms with E-state index < -0.39 is 0 Å². The summed E-state index contributed by atoms with van der Waals surface area (Å²) < 4.78 is 0. The maximum atomic E-state index is 2.70. The molecule has 98 valence electrons. The van der Waals surface area contributed by atoms with E-state index in [0.717, 1.165) is 12.6 Å². The summed E-state index contributed by atoms with van der Waals surface area (Å²) >= 11 is 0. The second-order valence-corrected chi connectivity index (χ2v) is 5.91. The van der Waals surface area contributed by atoms with Crippen molar-refractivity contribution in [1.82, 2.24) is 9.80 Å². The van der Waals surface area contributed by atoms with Crippen molar-refractivity contribution in [2.24, 2.45) is 0 Å². The van der Waals surface area contributed by atoms with Crippen molar-refractivity contribution >= 4 is 0 Å². The van der Waals surface area contributed by atoms with Gasteiger partial charge in [-0.3, -0.25) is 9.80 Å². The van der Waals surface area contributed by atoms with Crippen molar-refractivity contribution in [3.63, 3.8) is 0 Å². The summed E-state index contributed by atoms with van der Waals surface area (Å²) in [7, 11) is 0. The summed E-state index contributed by atoms with van der Waals surface area (Å²) in [6.45, 7) is 8.41. The van der Waals surface area contributed by atoms with E-state index in [1.165, 1.54) is 56.6 Å². The Morgan fingerprint density at radius 1 is 1.06 bits per heavy atom. The van der Waals surface area contributed by atoms with Gasteiger partial charge in [-0.2, -0.15) is 0 Å². The van der Waals surface area contributed by atoms with Crippen LogP contribution in [0.5, 0.6) is 0 Å². The van der Waals surface area contributed by atoms with Gasteiger partial charge in [0.25, 0.3) is 0 Å². The van der Waals surface area contributed by atoms with Crippen molar-refractivity contribution in [2.45, 2.75) is 38.8 Å². The van der Waals surface area contributed by atoms with Crippen LogP contribution in [0.3, 0.4) is 0 Å². The van der Waals surface area contributed by atoms with Crippen LogP contribution in [-0.4, -0.2) is 42.0 Å². The molecule has 2 fully saturated rings. The lowest BCUT2D eigenvalue weighted by molar-refractivity contribution is 0.0457. The third-order valence-electron chi connectivity index (χ3n) is 4.45. The van der Waals surface area contributed by atoms with E-state index >= 15 is 0 Å². The van der Waals surface area contributed by atoms with E-state index in [2.05, 4.69) is 41.0 Å². The number of aryl methyl sites for hydroxylation is 1. The summed E-state index contributed by atoms with van der Waals surface area (Å²) in [5, 5.41) is 0. The maximum Gasteiger partial charge on any atom is 0.0234 e. The maximum absolute atomic E-state index is 2.70. The average Bonchev–Trinajstić information content (AvgIpc) is 2.41. The van der Waals surface area contributed by atoms with Crippen molar-refractivity contribution in [3.05, 3.63) is 35.4 Å². The highest BCUT2D eigenvalue weighted by atomic mass is 15.3. The van der Waals surface area contributed by atoms with Crippen LogP contribution >= 0.6 is 0 Å². The molecule has 2 heteroatoms. The molecule has 18 heavy (non-hydrogen) atoms. The predicted molar refractivity (Wildman–Crippen MR) is 75.7 cm³/mol. The first-order valence-corrected chi connectivity index (χ1v) is 7.33. The molecule has 2 aliphatic heterocycles. The topological polar surface area (TPSA) is 6.48 Å².